The van der Waals surface area contributed by atoms with Gasteiger partial charge in [-0.25, -0.2) is 0 Å². The van der Waals surface area contributed by atoms with E-state index in [1.165, 1.54) is 12.1 Å². The first-order valence-electron chi connectivity index (χ1n) is 7.82. The number of hydrogen-bond donors (Lipinski definition) is 5. The molecule has 0 aliphatic rings. The van der Waals surface area contributed by atoms with Crippen molar-refractivity contribution in [1.29, 1.82) is 0 Å². The average Bonchev–Trinajstić information content (AvgIpc) is 2.54. The Morgan fingerprint density at radius 1 is 1.21 bits per heavy atom. The van der Waals surface area contributed by atoms with Crippen LogP contribution in [0.2, 0.25) is 0 Å². The van der Waals surface area contributed by atoms with E-state index in [1.807, 2.05) is 0 Å². The Labute approximate surface area is 139 Å². The first-order valence-corrected chi connectivity index (χ1v) is 7.82. The van der Waals surface area contributed by atoms with Crippen LogP contribution in [0.3, 0.4) is 0 Å². The number of amides is 1. The van der Waals surface area contributed by atoms with Crippen molar-refractivity contribution in [3.05, 3.63) is 47.1 Å². The zero-order valence-corrected chi connectivity index (χ0v) is 13.3. The molecule has 1 aromatic carbocycles. The van der Waals surface area contributed by atoms with Crippen LogP contribution in [0.4, 0.5) is 0 Å². The number of H-pyrrole nitrogens is 1. The van der Waals surface area contributed by atoms with Crippen molar-refractivity contribution in [3.8, 4) is 5.75 Å². The Kier molecular flexibility index (Phi) is 6.34. The van der Waals surface area contributed by atoms with Crippen LogP contribution in [0.1, 0.15) is 24.5 Å². The monoisotopic (exact) mass is 332 g/mol. The summed E-state index contributed by atoms with van der Waals surface area (Å²) in [5.74, 6) is -0.310. The smallest absolute Gasteiger partial charge is 0.248 e. The third kappa shape index (κ3) is 4.81. The number of aliphatic hydroxyl groups is 1. The molecule has 1 amide bonds. The molecule has 1 aromatic heterocycles. The molecule has 0 unspecified atom stereocenters. The Balaban J connectivity index is 1.90. The van der Waals surface area contributed by atoms with Gasteiger partial charge in [-0.05, 0) is 37.1 Å². The highest BCUT2D eigenvalue weighted by Crippen LogP contribution is 2.28. The maximum atomic E-state index is 11.4. The van der Waals surface area contributed by atoms with E-state index in [1.54, 1.807) is 12.1 Å². The minimum Gasteiger partial charge on any atom is -0.506 e. The highest BCUT2D eigenvalue weighted by molar-refractivity contribution is 5.87. The second kappa shape index (κ2) is 8.47. The number of carbonyl (C=O) groups is 1. The number of pyridine rings is 1. The van der Waals surface area contributed by atoms with Gasteiger partial charge >= 0.3 is 0 Å². The van der Waals surface area contributed by atoms with Gasteiger partial charge in [0, 0.05) is 31.5 Å². The number of carbonyl (C=O) groups excluding carboxylic acids is 1. The molecule has 1 heterocycles. The van der Waals surface area contributed by atoms with Gasteiger partial charge in [0.15, 0.2) is 0 Å². The molecule has 0 bridgehead atoms. The molecule has 1 radical (unpaired) electrons. The Bertz CT molecular complexity index is 757. The summed E-state index contributed by atoms with van der Waals surface area (Å²) < 4.78 is 0. The number of rotatable bonds is 8. The second-order valence-corrected chi connectivity index (χ2v) is 5.56. The molecule has 2 aromatic rings. The summed E-state index contributed by atoms with van der Waals surface area (Å²) in [6, 6.07) is 6.06. The van der Waals surface area contributed by atoms with E-state index in [4.69, 9.17) is 0 Å². The number of nitrogens with one attached hydrogen (secondary N) is 3. The molecular formula is C17H22N3O4. The van der Waals surface area contributed by atoms with Crippen molar-refractivity contribution in [1.82, 2.24) is 15.6 Å². The van der Waals surface area contributed by atoms with Gasteiger partial charge in [-0.3, -0.25) is 9.59 Å². The van der Waals surface area contributed by atoms with Gasteiger partial charge in [0.05, 0.1) is 11.6 Å². The summed E-state index contributed by atoms with van der Waals surface area (Å²) in [5.41, 5.74) is 0.649. The minimum atomic E-state index is -0.765. The van der Waals surface area contributed by atoms with Gasteiger partial charge in [-0.15, -0.1) is 0 Å². The molecule has 0 saturated carbocycles. The number of aromatic nitrogens is 1. The van der Waals surface area contributed by atoms with E-state index in [0.717, 1.165) is 12.8 Å². The van der Waals surface area contributed by atoms with Gasteiger partial charge in [0.25, 0.3) is 0 Å². The van der Waals surface area contributed by atoms with Gasteiger partial charge in [0.1, 0.15) is 5.75 Å². The zero-order valence-electron chi connectivity index (χ0n) is 13.3. The summed E-state index contributed by atoms with van der Waals surface area (Å²) in [6.07, 6.45) is 0.920. The highest BCUT2D eigenvalue weighted by atomic mass is 16.3. The molecule has 129 valence electrons. The van der Waals surface area contributed by atoms with Crippen LogP contribution >= 0.6 is 0 Å². The van der Waals surface area contributed by atoms with E-state index in [0.29, 0.717) is 36.1 Å². The molecule has 0 fully saturated rings. The lowest BCUT2D eigenvalue weighted by Crippen LogP contribution is -2.25. The Hall–Kier alpha value is -2.38. The highest BCUT2D eigenvalue weighted by Gasteiger charge is 2.13. The van der Waals surface area contributed by atoms with Crippen LogP contribution in [-0.2, 0) is 4.79 Å². The predicted octanol–water partition coefficient (Wildman–Crippen LogP) is 0.587. The molecule has 7 heteroatoms. The predicted molar refractivity (Wildman–Crippen MR) is 91.7 cm³/mol. The van der Waals surface area contributed by atoms with Crippen molar-refractivity contribution in [3.63, 3.8) is 0 Å². The third-order valence-electron chi connectivity index (χ3n) is 3.71. The Morgan fingerprint density at radius 3 is 2.71 bits per heavy atom. The molecule has 2 rings (SSSR count). The topological polar surface area (TPSA) is 114 Å². The summed E-state index contributed by atoms with van der Waals surface area (Å²) in [4.78, 5) is 24.6. The van der Waals surface area contributed by atoms with Crippen LogP contribution in [0.5, 0.6) is 5.75 Å². The number of phenolic OH excluding ortho intramolecular Hbond substituents is 1. The van der Waals surface area contributed by atoms with Gasteiger partial charge in [-0.2, -0.15) is 0 Å². The van der Waals surface area contributed by atoms with Crippen molar-refractivity contribution >= 4 is 16.8 Å². The minimum absolute atomic E-state index is 0.0286. The lowest BCUT2D eigenvalue weighted by molar-refractivity contribution is -0.116. The fourth-order valence-corrected chi connectivity index (χ4v) is 2.50. The lowest BCUT2D eigenvalue weighted by Gasteiger charge is -2.15. The average molecular weight is 332 g/mol. The van der Waals surface area contributed by atoms with Gasteiger partial charge < -0.3 is 25.8 Å². The maximum Gasteiger partial charge on any atom is 0.248 e. The number of fused-ring (bicyclic) bond motifs is 1. The first kappa shape index (κ1) is 18.0. The van der Waals surface area contributed by atoms with Crippen molar-refractivity contribution in [2.24, 2.45) is 0 Å². The van der Waals surface area contributed by atoms with E-state index in [2.05, 4.69) is 22.5 Å². The molecule has 5 N–H and O–H groups in total. The van der Waals surface area contributed by atoms with Crippen LogP contribution in [0, 0.1) is 6.92 Å². The van der Waals surface area contributed by atoms with E-state index in [-0.39, 0.29) is 17.2 Å². The van der Waals surface area contributed by atoms with Gasteiger partial charge in [0.2, 0.25) is 11.5 Å². The number of aromatic amines is 1. The molecular weight excluding hydrogens is 310 g/mol. The summed E-state index contributed by atoms with van der Waals surface area (Å²) in [5, 5.41) is 26.6. The number of benzene rings is 1. The molecule has 24 heavy (non-hydrogen) atoms. The quantitative estimate of drug-likeness (QED) is 0.454. The second-order valence-electron chi connectivity index (χ2n) is 5.56. The van der Waals surface area contributed by atoms with Crippen LogP contribution in [0.15, 0.2) is 29.1 Å². The fourth-order valence-electron chi connectivity index (χ4n) is 2.50. The Morgan fingerprint density at radius 2 is 1.96 bits per heavy atom. The van der Waals surface area contributed by atoms with Crippen molar-refractivity contribution in [2.45, 2.75) is 18.9 Å². The SMILES string of the molecule is [CH2]C(=O)NCCCCNC[C@H](O)c1ccc(O)c2[nH]c(=O)ccc12. The van der Waals surface area contributed by atoms with Crippen LogP contribution in [0.25, 0.3) is 10.9 Å². The largest absolute Gasteiger partial charge is 0.506 e. The van der Waals surface area contributed by atoms with E-state index in [9.17, 15) is 19.8 Å². The molecule has 0 aliphatic heterocycles. The van der Waals surface area contributed by atoms with Gasteiger partial charge in [-0.1, -0.05) is 6.07 Å². The zero-order chi connectivity index (χ0) is 17.5. The lowest BCUT2D eigenvalue weighted by atomic mass is 10.0. The molecule has 7 nitrogen and oxygen atoms in total. The number of phenols is 1. The van der Waals surface area contributed by atoms with Crippen LogP contribution in [-0.4, -0.2) is 40.7 Å². The maximum absolute atomic E-state index is 11.4. The fraction of sp³-hybridized carbons (Fsp3) is 0.353. The number of aliphatic hydroxyl groups excluding tert-OH is 1. The number of hydrogen-bond acceptors (Lipinski definition) is 5. The molecule has 0 aliphatic carbocycles. The summed E-state index contributed by atoms with van der Waals surface area (Å²) >= 11 is 0. The van der Waals surface area contributed by atoms with Crippen molar-refractivity contribution < 1.29 is 15.0 Å². The normalized spacial score (nSPS) is 12.2. The molecule has 0 spiro atoms. The third-order valence-corrected chi connectivity index (χ3v) is 3.71. The van der Waals surface area contributed by atoms with E-state index >= 15 is 0 Å². The number of aromatic hydroxyl groups is 1. The van der Waals surface area contributed by atoms with Crippen molar-refractivity contribution in [2.75, 3.05) is 19.6 Å². The van der Waals surface area contributed by atoms with E-state index < -0.39 is 6.10 Å². The number of unbranched alkanes of at least 4 members (excludes halogenated alkanes) is 1. The summed E-state index contributed by atoms with van der Waals surface area (Å²) in [7, 11) is 0. The summed E-state index contributed by atoms with van der Waals surface area (Å²) in [6.45, 7) is 4.87. The molecule has 1 atom stereocenters. The first-order chi connectivity index (χ1) is 11.5. The van der Waals surface area contributed by atoms with Crippen LogP contribution < -0.4 is 16.2 Å². The standard InChI is InChI=1S/C17H22N3O4/c1-11(21)19-9-3-2-8-18-10-15(23)12-4-6-14(22)17-13(12)5-7-16(24)20-17/h4-7,15,18,22-23H,1-3,8-10H2,(H,19,21)(H,20,24)/t15-/m0/s1. The molecule has 0 saturated heterocycles.